The highest BCUT2D eigenvalue weighted by Crippen LogP contribution is 2.47. The van der Waals surface area contributed by atoms with E-state index in [4.69, 9.17) is 0 Å². The van der Waals surface area contributed by atoms with Crippen LogP contribution in [0, 0.1) is 5.92 Å². The van der Waals surface area contributed by atoms with Gasteiger partial charge in [-0.1, -0.05) is 43.2 Å². The lowest BCUT2D eigenvalue weighted by Crippen LogP contribution is -2.46. The van der Waals surface area contributed by atoms with E-state index in [9.17, 15) is 9.59 Å². The second-order valence-electron chi connectivity index (χ2n) is 9.21. The standard InChI is InChI=1S/C24H35N3O2/c28-22(25-19-24(12-13-24)21-8-4-3-5-9-21)18-26-16-10-20(11-17-26)23(29)27-14-6-1-2-7-15-27/h3-5,8-9,20H,1-2,6-7,10-19H2,(H,25,28). The minimum atomic E-state index is 0.115. The largest absolute Gasteiger partial charge is 0.354 e. The monoisotopic (exact) mass is 397 g/mol. The summed E-state index contributed by atoms with van der Waals surface area (Å²) in [6.45, 7) is 4.76. The second-order valence-corrected chi connectivity index (χ2v) is 9.21. The van der Waals surface area contributed by atoms with Crippen LogP contribution in [0.1, 0.15) is 56.9 Å². The first-order valence-electron chi connectivity index (χ1n) is 11.5. The molecule has 0 spiro atoms. The van der Waals surface area contributed by atoms with Gasteiger partial charge in [-0.25, -0.2) is 0 Å². The van der Waals surface area contributed by atoms with Crippen LogP contribution < -0.4 is 5.32 Å². The predicted molar refractivity (Wildman–Crippen MR) is 115 cm³/mol. The molecule has 2 saturated heterocycles. The summed E-state index contributed by atoms with van der Waals surface area (Å²) in [5, 5.41) is 3.17. The Morgan fingerprint density at radius 3 is 2.21 bits per heavy atom. The maximum absolute atomic E-state index is 12.8. The number of hydrogen-bond donors (Lipinski definition) is 1. The summed E-state index contributed by atoms with van der Waals surface area (Å²) in [4.78, 5) is 29.6. The van der Waals surface area contributed by atoms with Crippen LogP contribution in [0.5, 0.6) is 0 Å². The van der Waals surface area contributed by atoms with E-state index in [0.717, 1.165) is 71.2 Å². The van der Waals surface area contributed by atoms with Crippen LogP contribution >= 0.6 is 0 Å². The van der Waals surface area contributed by atoms with Gasteiger partial charge in [0.15, 0.2) is 0 Å². The number of carbonyl (C=O) groups is 2. The van der Waals surface area contributed by atoms with Gasteiger partial charge in [-0.3, -0.25) is 14.5 Å². The minimum absolute atomic E-state index is 0.115. The molecule has 0 aromatic heterocycles. The summed E-state index contributed by atoms with van der Waals surface area (Å²) in [6, 6.07) is 10.5. The van der Waals surface area contributed by atoms with Crippen LogP contribution in [0.2, 0.25) is 0 Å². The first-order valence-corrected chi connectivity index (χ1v) is 11.5. The molecule has 5 heteroatoms. The molecule has 1 aromatic rings. The molecule has 29 heavy (non-hydrogen) atoms. The molecule has 0 radical (unpaired) electrons. The van der Waals surface area contributed by atoms with Gasteiger partial charge in [0, 0.05) is 31.0 Å². The molecule has 2 heterocycles. The number of nitrogens with zero attached hydrogens (tertiary/aromatic N) is 2. The zero-order chi connectivity index (χ0) is 20.1. The fraction of sp³-hybridized carbons (Fsp3) is 0.667. The number of hydrogen-bond acceptors (Lipinski definition) is 3. The Balaban J connectivity index is 1.19. The van der Waals surface area contributed by atoms with Crippen LogP contribution in [-0.4, -0.2) is 60.9 Å². The Labute approximate surface area is 174 Å². The molecule has 2 aliphatic heterocycles. The summed E-state index contributed by atoms with van der Waals surface area (Å²) < 4.78 is 0. The summed E-state index contributed by atoms with van der Waals surface area (Å²) in [7, 11) is 0. The predicted octanol–water partition coefficient (Wildman–Crippen LogP) is 2.95. The molecule has 2 amide bonds. The van der Waals surface area contributed by atoms with Crippen LogP contribution in [0.4, 0.5) is 0 Å². The van der Waals surface area contributed by atoms with Crippen molar-refractivity contribution < 1.29 is 9.59 Å². The van der Waals surface area contributed by atoms with Gasteiger partial charge in [-0.05, 0) is 57.2 Å². The topological polar surface area (TPSA) is 52.7 Å². The molecular weight excluding hydrogens is 362 g/mol. The molecule has 0 bridgehead atoms. The Bertz CT molecular complexity index is 685. The molecule has 3 fully saturated rings. The number of carbonyl (C=O) groups excluding carboxylic acids is 2. The van der Waals surface area contributed by atoms with Crippen molar-refractivity contribution in [2.75, 3.05) is 39.3 Å². The third kappa shape index (κ3) is 5.19. The molecule has 0 unspecified atom stereocenters. The van der Waals surface area contributed by atoms with Crippen LogP contribution in [0.3, 0.4) is 0 Å². The highest BCUT2D eigenvalue weighted by atomic mass is 16.2. The minimum Gasteiger partial charge on any atom is -0.354 e. The fourth-order valence-corrected chi connectivity index (χ4v) is 4.92. The first kappa shape index (κ1) is 20.4. The van der Waals surface area contributed by atoms with E-state index < -0.39 is 0 Å². The maximum atomic E-state index is 12.8. The van der Waals surface area contributed by atoms with E-state index >= 15 is 0 Å². The number of benzene rings is 1. The molecule has 1 aromatic carbocycles. The second kappa shape index (κ2) is 9.29. The van der Waals surface area contributed by atoms with Gasteiger partial charge in [-0.15, -0.1) is 0 Å². The van der Waals surface area contributed by atoms with Gasteiger partial charge in [0.1, 0.15) is 0 Å². The average molecular weight is 398 g/mol. The lowest BCUT2D eigenvalue weighted by Gasteiger charge is -2.33. The zero-order valence-electron chi connectivity index (χ0n) is 17.6. The van der Waals surface area contributed by atoms with Crippen molar-refractivity contribution in [1.29, 1.82) is 0 Å². The number of likely N-dealkylation sites (tertiary alicyclic amines) is 2. The molecule has 0 atom stereocenters. The van der Waals surface area contributed by atoms with Crippen LogP contribution in [0.15, 0.2) is 30.3 Å². The van der Waals surface area contributed by atoms with E-state index in [0.29, 0.717) is 12.5 Å². The summed E-state index contributed by atoms with van der Waals surface area (Å²) in [6.07, 6.45) is 8.88. The Morgan fingerprint density at radius 1 is 0.931 bits per heavy atom. The van der Waals surface area contributed by atoms with E-state index in [-0.39, 0.29) is 17.2 Å². The molecule has 1 saturated carbocycles. The Kier molecular flexibility index (Phi) is 6.53. The number of amides is 2. The quantitative estimate of drug-likeness (QED) is 0.803. The van der Waals surface area contributed by atoms with Crippen molar-refractivity contribution in [1.82, 2.24) is 15.1 Å². The van der Waals surface area contributed by atoms with Gasteiger partial charge in [0.25, 0.3) is 0 Å². The molecule has 158 valence electrons. The van der Waals surface area contributed by atoms with E-state index in [1.807, 2.05) is 6.07 Å². The highest BCUT2D eigenvalue weighted by molar-refractivity contribution is 5.79. The molecule has 4 rings (SSSR count). The lowest BCUT2D eigenvalue weighted by atomic mass is 9.95. The average Bonchev–Trinajstić information content (AvgIpc) is 3.58. The first-order chi connectivity index (χ1) is 14.2. The van der Waals surface area contributed by atoms with Crippen molar-refractivity contribution in [2.45, 2.75) is 56.8 Å². The molecule has 1 N–H and O–H groups in total. The summed E-state index contributed by atoms with van der Waals surface area (Å²) in [5.74, 6) is 0.624. The van der Waals surface area contributed by atoms with Crippen LogP contribution in [-0.2, 0) is 15.0 Å². The number of rotatable bonds is 6. The van der Waals surface area contributed by atoms with E-state index in [1.54, 1.807) is 0 Å². The van der Waals surface area contributed by atoms with E-state index in [2.05, 4.69) is 39.4 Å². The molecule has 5 nitrogen and oxygen atoms in total. The zero-order valence-corrected chi connectivity index (χ0v) is 17.6. The maximum Gasteiger partial charge on any atom is 0.234 e. The van der Waals surface area contributed by atoms with Crippen LogP contribution in [0.25, 0.3) is 0 Å². The third-order valence-electron chi connectivity index (χ3n) is 7.09. The van der Waals surface area contributed by atoms with Gasteiger partial charge in [0.05, 0.1) is 6.54 Å². The molecule has 3 aliphatic rings. The number of piperidine rings is 1. The van der Waals surface area contributed by atoms with Gasteiger partial charge >= 0.3 is 0 Å². The van der Waals surface area contributed by atoms with Gasteiger partial charge < -0.3 is 10.2 Å². The smallest absolute Gasteiger partial charge is 0.234 e. The summed E-state index contributed by atoms with van der Waals surface area (Å²) in [5.41, 5.74) is 1.50. The van der Waals surface area contributed by atoms with Gasteiger partial charge in [0.2, 0.25) is 11.8 Å². The van der Waals surface area contributed by atoms with Crippen molar-refractivity contribution in [3.8, 4) is 0 Å². The number of nitrogens with one attached hydrogen (secondary N) is 1. The SMILES string of the molecule is O=C(CN1CCC(C(=O)N2CCCCCC2)CC1)NCC1(c2ccccc2)CC1. The highest BCUT2D eigenvalue weighted by Gasteiger charge is 2.44. The third-order valence-corrected chi connectivity index (χ3v) is 7.09. The fourth-order valence-electron chi connectivity index (χ4n) is 4.92. The van der Waals surface area contributed by atoms with Gasteiger partial charge in [-0.2, -0.15) is 0 Å². The lowest BCUT2D eigenvalue weighted by molar-refractivity contribution is -0.137. The van der Waals surface area contributed by atoms with E-state index in [1.165, 1.54) is 18.4 Å². The van der Waals surface area contributed by atoms with Crippen molar-refractivity contribution in [3.63, 3.8) is 0 Å². The van der Waals surface area contributed by atoms with Crippen molar-refractivity contribution in [3.05, 3.63) is 35.9 Å². The normalized spacial score (nSPS) is 22.7. The van der Waals surface area contributed by atoms with Crippen molar-refractivity contribution in [2.24, 2.45) is 5.92 Å². The molecular formula is C24H35N3O2. The molecule has 1 aliphatic carbocycles. The Morgan fingerprint density at radius 2 is 1.59 bits per heavy atom. The summed E-state index contributed by atoms with van der Waals surface area (Å²) >= 11 is 0. The Hall–Kier alpha value is -1.88. The van der Waals surface area contributed by atoms with Crippen molar-refractivity contribution >= 4 is 11.8 Å².